The summed E-state index contributed by atoms with van der Waals surface area (Å²) in [6, 6.07) is 5.26. The first-order chi connectivity index (χ1) is 14.6. The smallest absolute Gasteiger partial charge is 0.330 e. The average Bonchev–Trinajstić information content (AvgIpc) is 2.70. The Bertz CT molecular complexity index is 993. The number of rotatable bonds is 5. The van der Waals surface area contributed by atoms with Crippen molar-refractivity contribution in [2.75, 3.05) is 13.7 Å². The molecule has 4 nitrogen and oxygen atoms in total. The Morgan fingerprint density at radius 1 is 1.29 bits per heavy atom. The normalized spacial score (nSPS) is 19.1. The van der Waals surface area contributed by atoms with E-state index in [0.717, 1.165) is 22.8 Å². The van der Waals surface area contributed by atoms with Crippen molar-refractivity contribution < 1.29 is 23.4 Å². The number of benzene rings is 2. The van der Waals surface area contributed by atoms with Gasteiger partial charge in [-0.1, -0.05) is 19.9 Å². The first kappa shape index (κ1) is 22.9. The van der Waals surface area contributed by atoms with Crippen molar-refractivity contribution in [1.82, 2.24) is 4.90 Å². The van der Waals surface area contributed by atoms with Crippen LogP contribution < -0.4 is 0 Å². The van der Waals surface area contributed by atoms with Crippen molar-refractivity contribution in [3.63, 3.8) is 0 Å². The number of methoxy groups -OCH3 is 1. The van der Waals surface area contributed by atoms with Crippen LogP contribution in [-0.2, 0) is 16.0 Å². The zero-order valence-corrected chi connectivity index (χ0v) is 18.6. The second-order valence-electron chi connectivity index (χ2n) is 8.58. The standard InChI is InChI=1S/C25H29F2NO3/c1-14(2)13-28-15(3)10-19-16(4)22(29)8-7-18(19)25(28)24-20(26)11-17(12-21(24)27)6-9-23(30)31-5/h6-9,11-12,14-15,25,29H,10,13H2,1-5H3/b9-6+. The lowest BCUT2D eigenvalue weighted by Gasteiger charge is -2.44. The summed E-state index contributed by atoms with van der Waals surface area (Å²) in [6.45, 7) is 8.71. The fraction of sp³-hybridized carbons (Fsp3) is 0.400. The van der Waals surface area contributed by atoms with Gasteiger partial charge in [0.2, 0.25) is 0 Å². The molecule has 0 fully saturated rings. The molecule has 0 bridgehead atoms. The molecule has 0 saturated heterocycles. The van der Waals surface area contributed by atoms with Gasteiger partial charge in [0.25, 0.3) is 0 Å². The van der Waals surface area contributed by atoms with E-state index in [0.29, 0.717) is 18.9 Å². The van der Waals surface area contributed by atoms with Gasteiger partial charge in [0.05, 0.1) is 13.2 Å². The topological polar surface area (TPSA) is 49.8 Å². The number of halogens is 2. The zero-order chi connectivity index (χ0) is 22.9. The number of carbonyl (C=O) groups excluding carboxylic acids is 1. The minimum Gasteiger partial charge on any atom is -0.508 e. The van der Waals surface area contributed by atoms with Crippen LogP contribution in [0.4, 0.5) is 8.78 Å². The Morgan fingerprint density at radius 3 is 2.52 bits per heavy atom. The monoisotopic (exact) mass is 429 g/mol. The predicted molar refractivity (Wildman–Crippen MR) is 117 cm³/mol. The van der Waals surface area contributed by atoms with Gasteiger partial charge in [-0.2, -0.15) is 0 Å². The molecule has 1 N–H and O–H groups in total. The third-order valence-electron chi connectivity index (χ3n) is 5.86. The Kier molecular flexibility index (Phi) is 6.80. The van der Waals surface area contributed by atoms with Crippen LogP contribution in [0.3, 0.4) is 0 Å². The minimum atomic E-state index is -0.672. The number of phenolic OH excluding ortho intramolecular Hbond substituents is 1. The van der Waals surface area contributed by atoms with Crippen LogP contribution in [0.5, 0.6) is 5.75 Å². The van der Waals surface area contributed by atoms with E-state index in [-0.39, 0.29) is 22.9 Å². The third-order valence-corrected chi connectivity index (χ3v) is 5.86. The first-order valence-electron chi connectivity index (χ1n) is 10.5. The molecule has 6 heteroatoms. The molecule has 0 radical (unpaired) electrons. The predicted octanol–water partition coefficient (Wildman–Crippen LogP) is 5.16. The SMILES string of the molecule is COC(=O)/C=C/c1cc(F)c(C2c3ccc(O)c(C)c3CC(C)N2CC(C)C)c(F)c1. The van der Waals surface area contributed by atoms with Gasteiger partial charge >= 0.3 is 5.97 Å². The van der Waals surface area contributed by atoms with Gasteiger partial charge in [-0.3, -0.25) is 4.90 Å². The highest BCUT2D eigenvalue weighted by Gasteiger charge is 2.37. The average molecular weight is 430 g/mol. The fourth-order valence-corrected chi connectivity index (χ4v) is 4.36. The van der Waals surface area contributed by atoms with Crippen molar-refractivity contribution in [3.05, 3.63) is 69.8 Å². The van der Waals surface area contributed by atoms with E-state index in [1.165, 1.54) is 25.3 Å². The highest BCUT2D eigenvalue weighted by molar-refractivity contribution is 5.86. The number of esters is 1. The number of hydrogen-bond donors (Lipinski definition) is 1. The van der Waals surface area contributed by atoms with Crippen LogP contribution in [0.2, 0.25) is 0 Å². The number of hydrogen-bond acceptors (Lipinski definition) is 4. The summed E-state index contributed by atoms with van der Waals surface area (Å²) in [5, 5.41) is 10.2. The van der Waals surface area contributed by atoms with Crippen molar-refractivity contribution in [1.29, 1.82) is 0 Å². The van der Waals surface area contributed by atoms with Crippen LogP contribution >= 0.6 is 0 Å². The second kappa shape index (κ2) is 9.18. The van der Waals surface area contributed by atoms with Gasteiger partial charge in [-0.25, -0.2) is 13.6 Å². The summed E-state index contributed by atoms with van der Waals surface area (Å²) in [5.41, 5.74) is 2.71. The molecule has 0 aliphatic carbocycles. The van der Waals surface area contributed by atoms with E-state index in [9.17, 15) is 9.90 Å². The van der Waals surface area contributed by atoms with E-state index < -0.39 is 23.6 Å². The Balaban J connectivity index is 2.17. The van der Waals surface area contributed by atoms with E-state index >= 15 is 8.78 Å². The lowest BCUT2D eigenvalue weighted by Crippen LogP contribution is -2.45. The maximum atomic E-state index is 15.3. The fourth-order valence-electron chi connectivity index (χ4n) is 4.36. The van der Waals surface area contributed by atoms with E-state index in [4.69, 9.17) is 0 Å². The summed E-state index contributed by atoms with van der Waals surface area (Å²) in [4.78, 5) is 13.5. The highest BCUT2D eigenvalue weighted by atomic mass is 19.1. The molecular formula is C25H29F2NO3. The van der Waals surface area contributed by atoms with E-state index in [1.54, 1.807) is 12.1 Å². The number of fused-ring (bicyclic) bond motifs is 1. The number of ether oxygens (including phenoxy) is 1. The van der Waals surface area contributed by atoms with E-state index in [2.05, 4.69) is 23.5 Å². The van der Waals surface area contributed by atoms with Crippen LogP contribution in [0.1, 0.15) is 54.6 Å². The molecule has 166 valence electrons. The Labute approximate surface area is 182 Å². The van der Waals surface area contributed by atoms with Gasteiger partial charge in [0, 0.05) is 24.2 Å². The molecule has 31 heavy (non-hydrogen) atoms. The maximum Gasteiger partial charge on any atom is 0.330 e. The van der Waals surface area contributed by atoms with Gasteiger partial charge in [-0.05, 0) is 72.7 Å². The summed E-state index contributed by atoms with van der Waals surface area (Å²) in [7, 11) is 1.24. The molecule has 0 spiro atoms. The van der Waals surface area contributed by atoms with Gasteiger partial charge in [0.15, 0.2) is 0 Å². The quantitative estimate of drug-likeness (QED) is 0.527. The van der Waals surface area contributed by atoms with E-state index in [1.807, 2.05) is 13.8 Å². The number of nitrogens with zero attached hydrogens (tertiary/aromatic N) is 1. The number of carbonyl (C=O) groups is 1. The molecule has 1 heterocycles. The molecule has 1 aliphatic rings. The highest BCUT2D eigenvalue weighted by Crippen LogP contribution is 2.43. The zero-order valence-electron chi connectivity index (χ0n) is 18.6. The lowest BCUT2D eigenvalue weighted by atomic mass is 9.81. The van der Waals surface area contributed by atoms with Crippen molar-refractivity contribution in [2.45, 2.75) is 46.2 Å². The van der Waals surface area contributed by atoms with Crippen LogP contribution in [-0.4, -0.2) is 35.7 Å². The van der Waals surface area contributed by atoms with Gasteiger partial charge in [-0.15, -0.1) is 0 Å². The molecule has 2 aromatic rings. The maximum absolute atomic E-state index is 15.3. The molecular weight excluding hydrogens is 400 g/mol. The number of aromatic hydroxyl groups is 1. The largest absolute Gasteiger partial charge is 0.508 e. The second-order valence-corrected chi connectivity index (χ2v) is 8.58. The minimum absolute atomic E-state index is 0.0197. The summed E-state index contributed by atoms with van der Waals surface area (Å²) in [6.07, 6.45) is 3.15. The molecule has 2 atom stereocenters. The molecule has 2 aromatic carbocycles. The molecule has 0 saturated carbocycles. The first-order valence-corrected chi connectivity index (χ1v) is 10.5. The molecule has 0 aromatic heterocycles. The Morgan fingerprint density at radius 2 is 1.94 bits per heavy atom. The molecule has 0 amide bonds. The summed E-state index contributed by atoms with van der Waals surface area (Å²) in [5.74, 6) is -1.45. The van der Waals surface area contributed by atoms with Crippen molar-refractivity contribution >= 4 is 12.0 Å². The van der Waals surface area contributed by atoms with Crippen LogP contribution in [0, 0.1) is 24.5 Å². The van der Waals surface area contributed by atoms with Gasteiger partial charge in [0.1, 0.15) is 17.4 Å². The van der Waals surface area contributed by atoms with Crippen molar-refractivity contribution in [3.8, 4) is 5.75 Å². The molecule has 1 aliphatic heterocycles. The summed E-state index contributed by atoms with van der Waals surface area (Å²) < 4.78 is 35.2. The number of phenols is 1. The molecule has 2 unspecified atom stereocenters. The Hall–Kier alpha value is -2.73. The lowest BCUT2D eigenvalue weighted by molar-refractivity contribution is -0.134. The van der Waals surface area contributed by atoms with Crippen molar-refractivity contribution in [2.24, 2.45) is 5.92 Å². The van der Waals surface area contributed by atoms with Crippen LogP contribution in [0.15, 0.2) is 30.3 Å². The summed E-state index contributed by atoms with van der Waals surface area (Å²) >= 11 is 0. The third kappa shape index (κ3) is 4.64. The molecule has 3 rings (SSSR count). The van der Waals surface area contributed by atoms with Crippen LogP contribution in [0.25, 0.3) is 6.08 Å². The van der Waals surface area contributed by atoms with Gasteiger partial charge < -0.3 is 9.84 Å².